The van der Waals surface area contributed by atoms with E-state index < -0.39 is 0 Å². The van der Waals surface area contributed by atoms with Crippen LogP contribution < -0.4 is 5.32 Å². The molecule has 0 bridgehead atoms. The molecule has 7 heteroatoms. The van der Waals surface area contributed by atoms with Crippen molar-refractivity contribution in [3.05, 3.63) is 48.2 Å². The molecule has 2 aromatic heterocycles. The molecule has 0 aliphatic heterocycles. The summed E-state index contributed by atoms with van der Waals surface area (Å²) < 4.78 is 0. The number of rotatable bonds is 7. The van der Waals surface area contributed by atoms with Crippen molar-refractivity contribution in [2.75, 3.05) is 26.0 Å². The van der Waals surface area contributed by atoms with Crippen molar-refractivity contribution in [2.45, 2.75) is 44.6 Å². The third-order valence-electron chi connectivity index (χ3n) is 6.99. The summed E-state index contributed by atoms with van der Waals surface area (Å²) in [5.41, 5.74) is 4.24. The predicted octanol–water partition coefficient (Wildman–Crippen LogP) is 4.69. The first-order valence-electron chi connectivity index (χ1n) is 12.1. The van der Waals surface area contributed by atoms with E-state index in [9.17, 15) is 4.79 Å². The number of Topliss-reactive ketones (excluding diaryl/α,β-unsaturated/α-hetero) is 1. The Bertz CT molecular complexity index is 1230. The van der Waals surface area contributed by atoms with Crippen molar-refractivity contribution in [3.8, 4) is 17.2 Å². The fourth-order valence-corrected chi connectivity index (χ4v) is 5.02. The molecular formula is C27H30N6O. The Morgan fingerprint density at radius 1 is 1.03 bits per heavy atom. The van der Waals surface area contributed by atoms with Crippen LogP contribution in [0.25, 0.3) is 22.0 Å². The largest absolute Gasteiger partial charge is 0.381 e. The fourth-order valence-electron chi connectivity index (χ4n) is 5.02. The van der Waals surface area contributed by atoms with E-state index in [2.05, 4.69) is 45.3 Å². The summed E-state index contributed by atoms with van der Waals surface area (Å²) in [6.07, 6.45) is 11.6. The molecule has 0 atom stereocenters. The summed E-state index contributed by atoms with van der Waals surface area (Å²) in [5.74, 6) is 1.21. The van der Waals surface area contributed by atoms with Gasteiger partial charge in [0.15, 0.2) is 5.78 Å². The van der Waals surface area contributed by atoms with Crippen LogP contribution in [0.5, 0.6) is 0 Å². The molecule has 2 fully saturated rings. The molecule has 0 unspecified atom stereocenters. The lowest BCUT2D eigenvalue weighted by Crippen LogP contribution is -2.31. The number of pyridine rings is 1. The lowest BCUT2D eigenvalue weighted by atomic mass is 9.85. The first kappa shape index (κ1) is 22.4. The van der Waals surface area contributed by atoms with Gasteiger partial charge in [-0.3, -0.25) is 9.78 Å². The Labute approximate surface area is 200 Å². The van der Waals surface area contributed by atoms with E-state index in [1.54, 1.807) is 18.6 Å². The topological polar surface area (TPSA) is 94.8 Å². The lowest BCUT2D eigenvalue weighted by Gasteiger charge is -2.32. The lowest BCUT2D eigenvalue weighted by molar-refractivity contribution is 0.0968. The van der Waals surface area contributed by atoms with Gasteiger partial charge in [-0.25, -0.2) is 9.97 Å². The molecular weight excluding hydrogens is 424 g/mol. The van der Waals surface area contributed by atoms with Crippen LogP contribution in [0.3, 0.4) is 0 Å². The number of carbonyl (C=O) groups excluding carboxylic acids is 1. The maximum Gasteiger partial charge on any atom is 0.232 e. The third kappa shape index (κ3) is 4.78. The molecule has 7 nitrogen and oxygen atoms in total. The SMILES string of the molecule is CN(C)C[C@H]1CC[C@H](Nc2c(C(=O)C3CC3)cnc3ccc(-c4cnc(C#N)nc4)cc23)CC1. The zero-order valence-corrected chi connectivity index (χ0v) is 19.8. The molecule has 1 aromatic carbocycles. The van der Waals surface area contributed by atoms with Crippen molar-refractivity contribution in [2.24, 2.45) is 11.8 Å². The Morgan fingerprint density at radius 3 is 2.41 bits per heavy atom. The Kier molecular flexibility index (Phi) is 6.25. The van der Waals surface area contributed by atoms with E-state index in [1.807, 2.05) is 18.2 Å². The van der Waals surface area contributed by atoms with E-state index >= 15 is 0 Å². The van der Waals surface area contributed by atoms with Crippen LogP contribution in [0, 0.1) is 23.2 Å². The van der Waals surface area contributed by atoms with Crippen LogP contribution >= 0.6 is 0 Å². The Hall–Kier alpha value is -3.37. The summed E-state index contributed by atoms with van der Waals surface area (Å²) in [7, 11) is 4.28. The summed E-state index contributed by atoms with van der Waals surface area (Å²) in [6, 6.07) is 8.33. The quantitative estimate of drug-likeness (QED) is 0.518. The van der Waals surface area contributed by atoms with Crippen LogP contribution in [0.4, 0.5) is 5.69 Å². The number of nitrogens with zero attached hydrogens (tertiary/aromatic N) is 5. The van der Waals surface area contributed by atoms with Gasteiger partial charge in [-0.15, -0.1) is 0 Å². The maximum absolute atomic E-state index is 13.2. The molecule has 0 amide bonds. The monoisotopic (exact) mass is 454 g/mol. The standard InChI is InChI=1S/C27H30N6O/c1-33(2)16-17-3-8-21(9-4-17)32-26-22-11-19(20-13-30-25(12-28)31-14-20)7-10-24(22)29-15-23(26)27(34)18-5-6-18/h7,10-11,13-15,17-18,21H,3-6,8-9,16H2,1-2H3,(H,29,32)/t17-,21-. The minimum atomic E-state index is 0.130. The van der Waals surface area contributed by atoms with Crippen LogP contribution in [0.15, 0.2) is 36.8 Å². The van der Waals surface area contributed by atoms with Crippen molar-refractivity contribution in [1.82, 2.24) is 19.9 Å². The highest BCUT2D eigenvalue weighted by Crippen LogP contribution is 2.38. The highest BCUT2D eigenvalue weighted by atomic mass is 16.1. The van der Waals surface area contributed by atoms with Crippen molar-refractivity contribution in [3.63, 3.8) is 0 Å². The first-order chi connectivity index (χ1) is 16.5. The summed E-state index contributed by atoms with van der Waals surface area (Å²) in [4.78, 5) is 28.3. The third-order valence-corrected chi connectivity index (χ3v) is 6.99. The molecule has 0 spiro atoms. The highest BCUT2D eigenvalue weighted by molar-refractivity contribution is 6.10. The molecule has 3 aromatic rings. The van der Waals surface area contributed by atoms with Gasteiger partial charge in [0.25, 0.3) is 0 Å². The van der Waals surface area contributed by atoms with E-state index in [1.165, 1.54) is 12.8 Å². The van der Waals surface area contributed by atoms with Crippen LogP contribution in [0.1, 0.15) is 54.7 Å². The number of nitriles is 1. The number of hydrogen-bond donors (Lipinski definition) is 1. The molecule has 34 heavy (non-hydrogen) atoms. The van der Waals surface area contributed by atoms with E-state index in [-0.39, 0.29) is 17.5 Å². The van der Waals surface area contributed by atoms with Gasteiger partial charge in [-0.2, -0.15) is 5.26 Å². The number of benzene rings is 1. The molecule has 2 aliphatic rings. The number of aromatic nitrogens is 3. The van der Waals surface area contributed by atoms with Crippen molar-refractivity contribution < 1.29 is 4.79 Å². The molecule has 0 radical (unpaired) electrons. The van der Waals surface area contributed by atoms with Gasteiger partial charge < -0.3 is 10.2 Å². The van der Waals surface area contributed by atoms with E-state index in [4.69, 9.17) is 5.26 Å². The zero-order chi connectivity index (χ0) is 23.7. The number of hydrogen-bond acceptors (Lipinski definition) is 7. The number of carbonyl (C=O) groups is 1. The number of fused-ring (bicyclic) bond motifs is 1. The number of ketones is 1. The van der Waals surface area contributed by atoms with Gasteiger partial charge in [-0.05, 0) is 76.2 Å². The molecule has 1 N–H and O–H groups in total. The second kappa shape index (κ2) is 9.47. The van der Waals surface area contributed by atoms with Crippen LogP contribution in [-0.2, 0) is 0 Å². The van der Waals surface area contributed by atoms with Crippen molar-refractivity contribution >= 4 is 22.4 Å². The van der Waals surface area contributed by atoms with E-state index in [0.717, 1.165) is 65.9 Å². The predicted molar refractivity (Wildman–Crippen MR) is 132 cm³/mol. The molecule has 5 rings (SSSR count). The molecule has 2 heterocycles. The fraction of sp³-hybridized carbons (Fsp3) is 0.444. The summed E-state index contributed by atoms with van der Waals surface area (Å²) in [5, 5.41) is 13.7. The van der Waals surface area contributed by atoms with Gasteiger partial charge >= 0.3 is 0 Å². The van der Waals surface area contributed by atoms with E-state index in [0.29, 0.717) is 11.6 Å². The van der Waals surface area contributed by atoms with Crippen LogP contribution in [0.2, 0.25) is 0 Å². The average Bonchev–Trinajstić information content (AvgIpc) is 3.70. The second-order valence-corrected chi connectivity index (χ2v) is 9.95. The minimum Gasteiger partial charge on any atom is -0.381 e. The second-order valence-electron chi connectivity index (χ2n) is 9.95. The van der Waals surface area contributed by atoms with Gasteiger partial charge in [0, 0.05) is 48.0 Å². The Balaban J connectivity index is 1.49. The van der Waals surface area contributed by atoms with Gasteiger partial charge in [0.2, 0.25) is 5.82 Å². The van der Waals surface area contributed by atoms with Crippen molar-refractivity contribution in [1.29, 1.82) is 5.26 Å². The maximum atomic E-state index is 13.2. The number of nitrogens with one attached hydrogen (secondary N) is 1. The summed E-state index contributed by atoms with van der Waals surface area (Å²) in [6.45, 7) is 1.13. The Morgan fingerprint density at radius 2 is 1.76 bits per heavy atom. The molecule has 0 saturated heterocycles. The smallest absolute Gasteiger partial charge is 0.232 e. The molecule has 2 aliphatic carbocycles. The average molecular weight is 455 g/mol. The van der Waals surface area contributed by atoms with Gasteiger partial charge in [0.1, 0.15) is 6.07 Å². The molecule has 2 saturated carbocycles. The molecule has 174 valence electrons. The summed E-state index contributed by atoms with van der Waals surface area (Å²) >= 11 is 0. The highest BCUT2D eigenvalue weighted by Gasteiger charge is 2.33. The zero-order valence-electron chi connectivity index (χ0n) is 19.8. The number of anilines is 1. The normalized spacial score (nSPS) is 20.3. The van der Waals surface area contributed by atoms with Gasteiger partial charge in [0.05, 0.1) is 16.8 Å². The minimum absolute atomic E-state index is 0.130. The first-order valence-corrected chi connectivity index (χ1v) is 12.1. The van der Waals surface area contributed by atoms with Gasteiger partial charge in [-0.1, -0.05) is 6.07 Å². The van der Waals surface area contributed by atoms with Crippen LogP contribution in [-0.4, -0.2) is 52.3 Å².